The molecular formula is C14H20Br2Cl2N2. The summed E-state index contributed by atoms with van der Waals surface area (Å²) in [5, 5.41) is 3.44. The normalized spacial score (nSPS) is 20.7. The molecule has 0 unspecified atom stereocenters. The van der Waals surface area contributed by atoms with Crippen LogP contribution < -0.4 is 5.32 Å². The maximum atomic E-state index is 3.61. The Kier molecular flexibility index (Phi) is 7.82. The first-order chi connectivity index (χ1) is 8.74. The van der Waals surface area contributed by atoms with Crippen molar-refractivity contribution in [3.63, 3.8) is 0 Å². The zero-order chi connectivity index (χ0) is 12.5. The Bertz CT molecular complexity index is 415. The van der Waals surface area contributed by atoms with Crippen molar-refractivity contribution in [2.45, 2.75) is 18.9 Å². The molecule has 1 atom stereocenters. The van der Waals surface area contributed by atoms with E-state index in [-0.39, 0.29) is 24.8 Å². The second-order valence-corrected chi connectivity index (χ2v) is 7.10. The molecule has 2 aliphatic rings. The molecule has 1 heterocycles. The van der Waals surface area contributed by atoms with E-state index < -0.39 is 0 Å². The van der Waals surface area contributed by atoms with Crippen LogP contribution in [0, 0.1) is 5.92 Å². The topological polar surface area (TPSA) is 15.3 Å². The van der Waals surface area contributed by atoms with Crippen LogP contribution >= 0.6 is 56.7 Å². The van der Waals surface area contributed by atoms with Crippen LogP contribution in [0.3, 0.4) is 0 Å². The van der Waals surface area contributed by atoms with Gasteiger partial charge < -0.3 is 5.32 Å². The summed E-state index contributed by atoms with van der Waals surface area (Å²) in [5.74, 6) is 0.865. The molecule has 1 aromatic rings. The van der Waals surface area contributed by atoms with E-state index in [0.717, 1.165) is 19.0 Å². The van der Waals surface area contributed by atoms with Crippen LogP contribution in [-0.4, -0.2) is 31.1 Å². The maximum absolute atomic E-state index is 3.61. The van der Waals surface area contributed by atoms with Crippen molar-refractivity contribution in [3.05, 3.63) is 32.7 Å². The number of benzene rings is 1. The predicted octanol–water partition coefficient (Wildman–Crippen LogP) is 4.41. The minimum absolute atomic E-state index is 0. The Morgan fingerprint density at radius 1 is 1.00 bits per heavy atom. The third-order valence-corrected chi connectivity index (χ3v) is 4.76. The van der Waals surface area contributed by atoms with Gasteiger partial charge in [0.1, 0.15) is 0 Å². The van der Waals surface area contributed by atoms with Crippen molar-refractivity contribution < 1.29 is 0 Å². The summed E-state index contributed by atoms with van der Waals surface area (Å²) >= 11 is 7.23. The van der Waals surface area contributed by atoms with Gasteiger partial charge in [-0.2, -0.15) is 0 Å². The van der Waals surface area contributed by atoms with E-state index >= 15 is 0 Å². The van der Waals surface area contributed by atoms with Gasteiger partial charge in [-0.05, 0) is 42.5 Å². The molecule has 1 saturated heterocycles. The number of nitrogens with one attached hydrogen (secondary N) is 1. The first kappa shape index (κ1) is 18.7. The summed E-state index contributed by atoms with van der Waals surface area (Å²) in [7, 11) is 0. The van der Waals surface area contributed by atoms with E-state index in [0.29, 0.717) is 6.04 Å². The Labute approximate surface area is 150 Å². The van der Waals surface area contributed by atoms with Crippen LogP contribution in [0.1, 0.15) is 24.4 Å². The quantitative estimate of drug-likeness (QED) is 0.739. The van der Waals surface area contributed by atoms with Gasteiger partial charge in [-0.15, -0.1) is 24.8 Å². The predicted molar refractivity (Wildman–Crippen MR) is 96.2 cm³/mol. The molecule has 6 heteroatoms. The molecule has 114 valence electrons. The zero-order valence-corrected chi connectivity index (χ0v) is 16.0. The fraction of sp³-hybridized carbons (Fsp3) is 0.571. The summed E-state index contributed by atoms with van der Waals surface area (Å²) in [5.41, 5.74) is 1.46. The lowest BCUT2D eigenvalue weighted by atomic mass is 10.00. The highest BCUT2D eigenvalue weighted by Gasteiger charge is 2.36. The minimum atomic E-state index is 0. The second kappa shape index (κ2) is 8.35. The molecule has 1 aliphatic carbocycles. The van der Waals surface area contributed by atoms with E-state index in [9.17, 15) is 0 Å². The van der Waals surface area contributed by atoms with Crippen LogP contribution in [0.2, 0.25) is 0 Å². The van der Waals surface area contributed by atoms with Crippen LogP contribution in [0.5, 0.6) is 0 Å². The van der Waals surface area contributed by atoms with Crippen molar-refractivity contribution in [2.24, 2.45) is 5.92 Å². The monoisotopic (exact) mass is 444 g/mol. The van der Waals surface area contributed by atoms with E-state index in [2.05, 4.69) is 60.3 Å². The number of nitrogens with zero attached hydrogens (tertiary/aromatic N) is 1. The molecule has 20 heavy (non-hydrogen) atoms. The molecular weight excluding hydrogens is 427 g/mol. The summed E-state index contributed by atoms with van der Waals surface area (Å²) in [6, 6.07) is 7.30. The Morgan fingerprint density at radius 2 is 1.55 bits per heavy atom. The minimum Gasteiger partial charge on any atom is -0.314 e. The van der Waals surface area contributed by atoms with E-state index in [1.807, 2.05) is 0 Å². The number of halogens is 4. The van der Waals surface area contributed by atoms with Crippen molar-refractivity contribution in [1.29, 1.82) is 0 Å². The largest absolute Gasteiger partial charge is 0.314 e. The third-order valence-electron chi connectivity index (χ3n) is 3.84. The van der Waals surface area contributed by atoms with Crippen LogP contribution in [0.25, 0.3) is 0 Å². The molecule has 0 radical (unpaired) electrons. The summed E-state index contributed by atoms with van der Waals surface area (Å²) in [4.78, 5) is 2.66. The first-order valence-corrected chi connectivity index (χ1v) is 8.23. The lowest BCUT2D eigenvalue weighted by Gasteiger charge is -2.35. The smallest absolute Gasteiger partial charge is 0.0378 e. The SMILES string of the molecule is Brc1cc(Br)cc([C@@H](C2CC2)N2CCNCC2)c1.Cl.Cl. The Balaban J connectivity index is 0.000001000. The highest BCUT2D eigenvalue weighted by molar-refractivity contribution is 9.11. The van der Waals surface area contributed by atoms with Crippen molar-refractivity contribution in [2.75, 3.05) is 26.2 Å². The van der Waals surface area contributed by atoms with Gasteiger partial charge in [-0.25, -0.2) is 0 Å². The second-order valence-electron chi connectivity index (χ2n) is 5.27. The molecule has 1 aromatic carbocycles. The molecule has 2 nitrogen and oxygen atoms in total. The van der Waals surface area contributed by atoms with Gasteiger partial charge in [-0.1, -0.05) is 31.9 Å². The first-order valence-electron chi connectivity index (χ1n) is 6.65. The molecule has 1 aliphatic heterocycles. The molecule has 1 N–H and O–H groups in total. The van der Waals surface area contributed by atoms with E-state index in [1.54, 1.807) is 0 Å². The lowest BCUT2D eigenvalue weighted by Crippen LogP contribution is -2.45. The molecule has 0 bridgehead atoms. The average Bonchev–Trinajstić information content (AvgIpc) is 3.14. The molecule has 3 rings (SSSR count). The summed E-state index contributed by atoms with van der Waals surface area (Å²) in [6.07, 6.45) is 2.78. The van der Waals surface area contributed by atoms with E-state index in [1.165, 1.54) is 40.4 Å². The van der Waals surface area contributed by atoms with Gasteiger partial charge in [0.15, 0.2) is 0 Å². The Hall–Kier alpha value is 0.680. The van der Waals surface area contributed by atoms with Crippen molar-refractivity contribution in [1.82, 2.24) is 10.2 Å². The summed E-state index contributed by atoms with van der Waals surface area (Å²) in [6.45, 7) is 4.59. The number of hydrogen-bond acceptors (Lipinski definition) is 2. The number of piperazine rings is 1. The highest BCUT2D eigenvalue weighted by Crippen LogP contribution is 2.45. The number of hydrogen-bond donors (Lipinski definition) is 1. The molecule has 0 aromatic heterocycles. The Morgan fingerprint density at radius 3 is 2.05 bits per heavy atom. The molecule has 2 fully saturated rings. The maximum Gasteiger partial charge on any atom is 0.0378 e. The van der Waals surface area contributed by atoms with Crippen LogP contribution in [-0.2, 0) is 0 Å². The molecule has 0 spiro atoms. The van der Waals surface area contributed by atoms with Gasteiger partial charge in [0.2, 0.25) is 0 Å². The average molecular weight is 447 g/mol. The van der Waals surface area contributed by atoms with Gasteiger partial charge in [0.05, 0.1) is 0 Å². The van der Waals surface area contributed by atoms with Crippen LogP contribution in [0.15, 0.2) is 27.1 Å². The van der Waals surface area contributed by atoms with Crippen molar-refractivity contribution >= 4 is 56.7 Å². The zero-order valence-electron chi connectivity index (χ0n) is 11.1. The fourth-order valence-corrected chi connectivity index (χ4v) is 4.23. The summed E-state index contributed by atoms with van der Waals surface area (Å²) < 4.78 is 2.35. The van der Waals surface area contributed by atoms with Gasteiger partial charge in [0, 0.05) is 41.2 Å². The lowest BCUT2D eigenvalue weighted by molar-refractivity contribution is 0.156. The fourth-order valence-electron chi connectivity index (χ4n) is 2.90. The number of rotatable bonds is 3. The molecule has 0 amide bonds. The molecule has 1 saturated carbocycles. The highest BCUT2D eigenvalue weighted by atomic mass is 79.9. The van der Waals surface area contributed by atoms with E-state index in [4.69, 9.17) is 0 Å². The third kappa shape index (κ3) is 4.59. The van der Waals surface area contributed by atoms with Crippen LogP contribution in [0.4, 0.5) is 0 Å². The van der Waals surface area contributed by atoms with Gasteiger partial charge >= 0.3 is 0 Å². The van der Waals surface area contributed by atoms with Gasteiger partial charge in [-0.3, -0.25) is 4.90 Å². The standard InChI is InChI=1S/C14H18Br2N2.2ClH/c15-12-7-11(8-13(16)9-12)14(10-1-2-10)18-5-3-17-4-6-18;;/h7-10,14,17H,1-6H2;2*1H/t14-;;/m1../s1. The van der Waals surface area contributed by atoms with Gasteiger partial charge in [0.25, 0.3) is 0 Å². The van der Waals surface area contributed by atoms with Crippen molar-refractivity contribution in [3.8, 4) is 0 Å².